The summed E-state index contributed by atoms with van der Waals surface area (Å²) in [5.74, 6) is 0.196. The Morgan fingerprint density at radius 2 is 2.08 bits per heavy atom. The molecule has 0 aliphatic heterocycles. The van der Waals surface area contributed by atoms with Crippen LogP contribution in [0.5, 0.6) is 5.75 Å². The summed E-state index contributed by atoms with van der Waals surface area (Å²) in [5.41, 5.74) is 1.79. The monoisotopic (exact) mass is 343 g/mol. The van der Waals surface area contributed by atoms with Gasteiger partial charge in [-0.25, -0.2) is 0 Å². The van der Waals surface area contributed by atoms with Crippen LogP contribution in [-0.4, -0.2) is 23.6 Å². The third-order valence-electron chi connectivity index (χ3n) is 4.17. The van der Waals surface area contributed by atoms with Crippen LogP contribution >= 0.6 is 0 Å². The maximum Gasteiger partial charge on any atom is 0.311 e. The highest BCUT2D eigenvalue weighted by Gasteiger charge is 2.23. The Labute approximate surface area is 145 Å². The van der Waals surface area contributed by atoms with E-state index in [1.54, 1.807) is 6.92 Å². The Hall–Kier alpha value is -2.76. The first-order chi connectivity index (χ1) is 12.0. The highest BCUT2D eigenvalue weighted by molar-refractivity contribution is 5.97. The molecule has 0 bridgehead atoms. The quantitative estimate of drug-likeness (QED) is 0.769. The van der Waals surface area contributed by atoms with E-state index in [1.807, 2.05) is 24.3 Å². The number of carbonyl (C=O) groups is 2. The molecule has 0 unspecified atom stereocenters. The first kappa shape index (κ1) is 17.1. The molecule has 1 aliphatic carbocycles. The summed E-state index contributed by atoms with van der Waals surface area (Å²) in [6.45, 7) is 2.72. The Morgan fingerprint density at radius 1 is 1.32 bits per heavy atom. The summed E-state index contributed by atoms with van der Waals surface area (Å²) in [6.07, 6.45) is 3.51. The zero-order chi connectivity index (χ0) is 17.8. The molecule has 3 rings (SSSR count). The van der Waals surface area contributed by atoms with E-state index >= 15 is 0 Å². The lowest BCUT2D eigenvalue weighted by Gasteiger charge is -2.12. The normalized spacial score (nSPS) is 13.5. The second-order valence-electron chi connectivity index (χ2n) is 6.33. The van der Waals surface area contributed by atoms with Crippen molar-refractivity contribution in [2.24, 2.45) is 5.92 Å². The Kier molecular flexibility index (Phi) is 5.07. The number of rotatable bonds is 8. The number of carbonyl (C=O) groups excluding carboxylic acids is 1. The first-order valence-corrected chi connectivity index (χ1v) is 8.32. The zero-order valence-corrected chi connectivity index (χ0v) is 14.1. The molecule has 1 saturated carbocycles. The van der Waals surface area contributed by atoms with E-state index in [0.29, 0.717) is 30.2 Å². The summed E-state index contributed by atoms with van der Waals surface area (Å²) >= 11 is 0. The summed E-state index contributed by atoms with van der Waals surface area (Å²) in [7, 11) is 0. The number of carboxylic acids is 1. The third-order valence-corrected chi connectivity index (χ3v) is 4.17. The minimum atomic E-state index is -1.04. The van der Waals surface area contributed by atoms with Crippen LogP contribution < -0.4 is 10.1 Å². The van der Waals surface area contributed by atoms with Gasteiger partial charge in [0.2, 0.25) is 0 Å². The highest BCUT2D eigenvalue weighted by atomic mass is 16.5. The number of para-hydroxylation sites is 1. The molecule has 6 heteroatoms. The van der Waals surface area contributed by atoms with E-state index in [4.69, 9.17) is 14.3 Å². The largest absolute Gasteiger partial charge is 0.493 e. The maximum atomic E-state index is 12.5. The molecule has 0 radical (unpaired) electrons. The molecule has 1 aromatic carbocycles. The summed E-state index contributed by atoms with van der Waals surface area (Å²) in [6, 6.07) is 7.59. The van der Waals surface area contributed by atoms with Crippen LogP contribution in [0.1, 0.15) is 40.1 Å². The number of benzene rings is 1. The molecule has 1 aliphatic rings. The molecule has 25 heavy (non-hydrogen) atoms. The molecule has 2 aromatic rings. The van der Waals surface area contributed by atoms with Crippen molar-refractivity contribution in [2.45, 2.75) is 32.7 Å². The predicted molar refractivity (Wildman–Crippen MR) is 90.6 cm³/mol. The van der Waals surface area contributed by atoms with Gasteiger partial charge in [0.25, 0.3) is 5.91 Å². The van der Waals surface area contributed by atoms with E-state index in [2.05, 4.69) is 5.32 Å². The fourth-order valence-corrected chi connectivity index (χ4v) is 2.62. The summed E-state index contributed by atoms with van der Waals surface area (Å²) in [4.78, 5) is 23.4. The average molecular weight is 343 g/mol. The van der Waals surface area contributed by atoms with Crippen molar-refractivity contribution < 1.29 is 23.8 Å². The van der Waals surface area contributed by atoms with Gasteiger partial charge in [0.05, 0.1) is 18.4 Å². The van der Waals surface area contributed by atoms with Crippen LogP contribution in [0, 0.1) is 12.8 Å². The van der Waals surface area contributed by atoms with Gasteiger partial charge in [-0.2, -0.15) is 0 Å². The number of furan rings is 1. The van der Waals surface area contributed by atoms with E-state index in [9.17, 15) is 9.59 Å². The van der Waals surface area contributed by atoms with Crippen molar-refractivity contribution in [1.82, 2.24) is 5.32 Å². The number of hydrogen-bond acceptors (Lipinski definition) is 4. The minimum Gasteiger partial charge on any atom is -0.493 e. The second kappa shape index (κ2) is 7.42. The van der Waals surface area contributed by atoms with Gasteiger partial charge in [-0.05, 0) is 31.7 Å². The maximum absolute atomic E-state index is 12.5. The molecule has 1 aromatic heterocycles. The number of amides is 1. The smallest absolute Gasteiger partial charge is 0.311 e. The second-order valence-corrected chi connectivity index (χ2v) is 6.33. The lowest BCUT2D eigenvalue weighted by Crippen LogP contribution is -2.25. The molecule has 1 amide bonds. The molecule has 132 valence electrons. The van der Waals surface area contributed by atoms with E-state index < -0.39 is 5.97 Å². The van der Waals surface area contributed by atoms with Crippen molar-refractivity contribution in [3.05, 3.63) is 53.0 Å². The number of carboxylic acid groups (broad SMARTS) is 1. The molecule has 0 spiro atoms. The standard InChI is InChI=1S/C19H21NO5/c1-12-10-24-16(8-17(21)22)18(12)19(23)20-9-14-4-2-3-5-15(14)25-11-13-6-7-13/h2-5,10,13H,6-9,11H2,1H3,(H,20,23)(H,21,22). The van der Waals surface area contributed by atoms with E-state index in [1.165, 1.54) is 19.1 Å². The minimum absolute atomic E-state index is 0.167. The number of aliphatic carboxylic acids is 1. The van der Waals surface area contributed by atoms with Crippen molar-refractivity contribution in [1.29, 1.82) is 0 Å². The van der Waals surface area contributed by atoms with Crippen molar-refractivity contribution >= 4 is 11.9 Å². The van der Waals surface area contributed by atoms with Gasteiger partial charge in [-0.3, -0.25) is 9.59 Å². The van der Waals surface area contributed by atoms with Crippen LogP contribution in [0.25, 0.3) is 0 Å². The van der Waals surface area contributed by atoms with Crippen LogP contribution in [0.2, 0.25) is 0 Å². The Bertz CT molecular complexity index is 776. The number of aryl methyl sites for hydroxylation is 1. The average Bonchev–Trinajstić information content (AvgIpc) is 3.34. The van der Waals surface area contributed by atoms with Crippen LogP contribution in [-0.2, 0) is 17.8 Å². The molecular weight excluding hydrogens is 322 g/mol. The van der Waals surface area contributed by atoms with Crippen LogP contribution in [0.4, 0.5) is 0 Å². The Morgan fingerprint density at radius 3 is 2.80 bits per heavy atom. The highest BCUT2D eigenvalue weighted by Crippen LogP contribution is 2.30. The van der Waals surface area contributed by atoms with E-state index in [-0.39, 0.29) is 18.1 Å². The van der Waals surface area contributed by atoms with Gasteiger partial charge in [0.15, 0.2) is 0 Å². The van der Waals surface area contributed by atoms with Crippen molar-refractivity contribution in [2.75, 3.05) is 6.61 Å². The van der Waals surface area contributed by atoms with Crippen LogP contribution in [0.3, 0.4) is 0 Å². The van der Waals surface area contributed by atoms with Crippen molar-refractivity contribution in [3.8, 4) is 5.75 Å². The van der Waals surface area contributed by atoms with Gasteiger partial charge in [0.1, 0.15) is 17.9 Å². The van der Waals surface area contributed by atoms with Gasteiger partial charge >= 0.3 is 5.97 Å². The van der Waals surface area contributed by atoms with Crippen molar-refractivity contribution in [3.63, 3.8) is 0 Å². The molecular formula is C19H21NO5. The fraction of sp³-hybridized carbons (Fsp3) is 0.368. The lowest BCUT2D eigenvalue weighted by atomic mass is 10.1. The SMILES string of the molecule is Cc1coc(CC(=O)O)c1C(=O)NCc1ccccc1OCC1CC1. The number of nitrogens with one attached hydrogen (secondary N) is 1. The Balaban J connectivity index is 1.66. The lowest BCUT2D eigenvalue weighted by molar-refractivity contribution is -0.136. The molecule has 1 heterocycles. The fourth-order valence-electron chi connectivity index (χ4n) is 2.62. The van der Waals surface area contributed by atoms with Gasteiger partial charge in [-0.1, -0.05) is 18.2 Å². The summed E-state index contributed by atoms with van der Waals surface area (Å²) < 4.78 is 11.0. The number of hydrogen-bond donors (Lipinski definition) is 2. The van der Waals surface area contributed by atoms with Gasteiger partial charge in [-0.15, -0.1) is 0 Å². The number of ether oxygens (including phenoxy) is 1. The first-order valence-electron chi connectivity index (χ1n) is 8.32. The van der Waals surface area contributed by atoms with Gasteiger partial charge < -0.3 is 19.6 Å². The molecule has 0 atom stereocenters. The predicted octanol–water partition coefficient (Wildman–Crippen LogP) is 2.93. The molecule has 1 fully saturated rings. The van der Waals surface area contributed by atoms with E-state index in [0.717, 1.165) is 11.3 Å². The molecule has 6 nitrogen and oxygen atoms in total. The van der Waals surface area contributed by atoms with Crippen LogP contribution in [0.15, 0.2) is 34.9 Å². The molecule has 2 N–H and O–H groups in total. The third kappa shape index (κ3) is 4.41. The summed E-state index contributed by atoms with van der Waals surface area (Å²) in [5, 5.41) is 11.8. The van der Waals surface area contributed by atoms with Gasteiger partial charge in [0, 0.05) is 17.7 Å². The topological polar surface area (TPSA) is 88.8 Å². The zero-order valence-electron chi connectivity index (χ0n) is 14.1. The molecule has 0 saturated heterocycles.